The summed E-state index contributed by atoms with van der Waals surface area (Å²) in [6.45, 7) is 3.74. The van der Waals surface area contributed by atoms with Crippen LogP contribution in [-0.4, -0.2) is 18.4 Å². The van der Waals surface area contributed by atoms with Gasteiger partial charge in [0, 0.05) is 30.0 Å². The molecule has 2 N–H and O–H groups in total. The van der Waals surface area contributed by atoms with Crippen LogP contribution in [0.4, 0.5) is 5.69 Å². The molecule has 0 saturated heterocycles. The Morgan fingerprint density at radius 2 is 2.00 bits per heavy atom. The number of carbonyl (C=O) groups excluding carboxylic acids is 2. The van der Waals surface area contributed by atoms with Crippen molar-refractivity contribution in [1.29, 1.82) is 0 Å². The lowest BCUT2D eigenvalue weighted by atomic mass is 10.2. The van der Waals surface area contributed by atoms with Gasteiger partial charge in [-0.3, -0.25) is 9.59 Å². The van der Waals surface area contributed by atoms with Gasteiger partial charge in [-0.25, -0.2) is 0 Å². The SMILES string of the molecule is CC(=O)NCCC(=O)Nc1cc(C)cc(Br)c1. The van der Waals surface area contributed by atoms with Gasteiger partial charge in [-0.1, -0.05) is 15.9 Å². The summed E-state index contributed by atoms with van der Waals surface area (Å²) in [7, 11) is 0. The maximum Gasteiger partial charge on any atom is 0.226 e. The summed E-state index contributed by atoms with van der Waals surface area (Å²) in [5, 5.41) is 5.35. The Morgan fingerprint density at radius 3 is 2.59 bits per heavy atom. The lowest BCUT2D eigenvalue weighted by molar-refractivity contribution is -0.119. The zero-order valence-electron chi connectivity index (χ0n) is 9.84. The van der Waals surface area contributed by atoms with Crippen LogP contribution in [0.15, 0.2) is 22.7 Å². The van der Waals surface area contributed by atoms with E-state index in [9.17, 15) is 9.59 Å². The molecule has 0 radical (unpaired) electrons. The van der Waals surface area contributed by atoms with E-state index >= 15 is 0 Å². The van der Waals surface area contributed by atoms with Crippen molar-refractivity contribution in [3.63, 3.8) is 0 Å². The van der Waals surface area contributed by atoms with E-state index in [1.165, 1.54) is 6.92 Å². The molecule has 0 unspecified atom stereocenters. The monoisotopic (exact) mass is 298 g/mol. The molecule has 92 valence electrons. The van der Waals surface area contributed by atoms with Gasteiger partial charge in [0.05, 0.1) is 0 Å². The maximum absolute atomic E-state index is 11.5. The summed E-state index contributed by atoms with van der Waals surface area (Å²) in [5.41, 5.74) is 1.82. The summed E-state index contributed by atoms with van der Waals surface area (Å²) in [6.07, 6.45) is 0.269. The zero-order valence-corrected chi connectivity index (χ0v) is 11.4. The highest BCUT2D eigenvalue weighted by Crippen LogP contribution is 2.19. The quantitative estimate of drug-likeness (QED) is 0.895. The van der Waals surface area contributed by atoms with Gasteiger partial charge in [0.15, 0.2) is 0 Å². The van der Waals surface area contributed by atoms with Crippen molar-refractivity contribution in [3.8, 4) is 0 Å². The number of nitrogens with one attached hydrogen (secondary N) is 2. The normalized spacial score (nSPS) is 9.82. The molecule has 0 saturated carbocycles. The van der Waals surface area contributed by atoms with Crippen molar-refractivity contribution in [1.82, 2.24) is 5.32 Å². The lowest BCUT2D eigenvalue weighted by Gasteiger charge is -2.07. The van der Waals surface area contributed by atoms with Gasteiger partial charge < -0.3 is 10.6 Å². The predicted octanol–water partition coefficient (Wildman–Crippen LogP) is 2.22. The number of hydrogen-bond donors (Lipinski definition) is 2. The third-order valence-electron chi connectivity index (χ3n) is 2.05. The van der Waals surface area contributed by atoms with Gasteiger partial charge in [0.25, 0.3) is 0 Å². The number of rotatable bonds is 4. The summed E-state index contributed by atoms with van der Waals surface area (Å²) < 4.78 is 0.926. The second-order valence-electron chi connectivity index (χ2n) is 3.80. The first-order chi connectivity index (χ1) is 7.97. The van der Waals surface area contributed by atoms with E-state index in [4.69, 9.17) is 0 Å². The third kappa shape index (κ3) is 5.49. The molecule has 0 aliphatic heterocycles. The molecule has 0 heterocycles. The smallest absolute Gasteiger partial charge is 0.226 e. The maximum atomic E-state index is 11.5. The van der Waals surface area contributed by atoms with E-state index < -0.39 is 0 Å². The van der Waals surface area contributed by atoms with E-state index in [2.05, 4.69) is 26.6 Å². The fraction of sp³-hybridized carbons (Fsp3) is 0.333. The number of hydrogen-bond acceptors (Lipinski definition) is 2. The zero-order chi connectivity index (χ0) is 12.8. The predicted molar refractivity (Wildman–Crippen MR) is 70.8 cm³/mol. The Hall–Kier alpha value is -1.36. The van der Waals surface area contributed by atoms with Crippen LogP contribution in [0, 0.1) is 6.92 Å². The topological polar surface area (TPSA) is 58.2 Å². The first kappa shape index (κ1) is 13.7. The molecule has 0 spiro atoms. The molecule has 0 atom stereocenters. The van der Waals surface area contributed by atoms with Crippen LogP contribution in [0.3, 0.4) is 0 Å². The highest BCUT2D eigenvalue weighted by molar-refractivity contribution is 9.10. The summed E-state index contributed by atoms with van der Waals surface area (Å²) in [5.74, 6) is -0.243. The minimum absolute atomic E-state index is 0.115. The molecule has 0 aliphatic rings. The Labute approximate surface area is 109 Å². The molecule has 1 aromatic rings. The van der Waals surface area contributed by atoms with Crippen LogP contribution in [0.1, 0.15) is 18.9 Å². The molecule has 0 bridgehead atoms. The summed E-state index contributed by atoms with van der Waals surface area (Å²) in [6, 6.07) is 5.69. The molecular formula is C12H15BrN2O2. The van der Waals surface area contributed by atoms with Gasteiger partial charge in [-0.2, -0.15) is 0 Å². The van der Waals surface area contributed by atoms with Crippen LogP contribution in [0.25, 0.3) is 0 Å². The van der Waals surface area contributed by atoms with Gasteiger partial charge in [0.2, 0.25) is 11.8 Å². The lowest BCUT2D eigenvalue weighted by Crippen LogP contribution is -2.25. The van der Waals surface area contributed by atoms with Gasteiger partial charge in [-0.15, -0.1) is 0 Å². The average molecular weight is 299 g/mol. The third-order valence-corrected chi connectivity index (χ3v) is 2.51. The first-order valence-electron chi connectivity index (χ1n) is 5.29. The Bertz CT molecular complexity index is 412. The van der Waals surface area contributed by atoms with E-state index in [0.29, 0.717) is 6.54 Å². The Morgan fingerprint density at radius 1 is 1.29 bits per heavy atom. The molecule has 17 heavy (non-hydrogen) atoms. The molecule has 1 aromatic carbocycles. The Kier molecular flexibility index (Phi) is 5.15. The van der Waals surface area contributed by atoms with Crippen LogP contribution in [-0.2, 0) is 9.59 Å². The van der Waals surface area contributed by atoms with Gasteiger partial charge >= 0.3 is 0 Å². The molecule has 0 aliphatic carbocycles. The molecule has 2 amide bonds. The van der Waals surface area contributed by atoms with E-state index in [-0.39, 0.29) is 18.2 Å². The van der Waals surface area contributed by atoms with Crippen LogP contribution < -0.4 is 10.6 Å². The number of amides is 2. The molecule has 0 fully saturated rings. The second kappa shape index (κ2) is 6.39. The summed E-state index contributed by atoms with van der Waals surface area (Å²) >= 11 is 3.37. The number of anilines is 1. The molecule has 1 rings (SSSR count). The highest BCUT2D eigenvalue weighted by atomic mass is 79.9. The second-order valence-corrected chi connectivity index (χ2v) is 4.71. The standard InChI is InChI=1S/C12H15BrN2O2/c1-8-5-10(13)7-11(6-8)15-12(17)3-4-14-9(2)16/h5-7H,3-4H2,1-2H3,(H,14,16)(H,15,17). The van der Waals surface area contributed by atoms with Crippen molar-refractivity contribution in [2.45, 2.75) is 20.3 Å². The minimum Gasteiger partial charge on any atom is -0.356 e. The number of aryl methyl sites for hydroxylation is 1. The van der Waals surface area contributed by atoms with Crippen LogP contribution in [0.5, 0.6) is 0 Å². The van der Waals surface area contributed by atoms with Crippen molar-refractivity contribution in [3.05, 3.63) is 28.2 Å². The van der Waals surface area contributed by atoms with Crippen LogP contribution >= 0.6 is 15.9 Å². The number of carbonyl (C=O) groups is 2. The van der Waals surface area contributed by atoms with Crippen LogP contribution in [0.2, 0.25) is 0 Å². The number of benzene rings is 1. The molecular weight excluding hydrogens is 284 g/mol. The van der Waals surface area contributed by atoms with E-state index in [0.717, 1.165) is 15.7 Å². The molecule has 5 heteroatoms. The highest BCUT2D eigenvalue weighted by Gasteiger charge is 2.03. The van der Waals surface area contributed by atoms with Gasteiger partial charge in [0.1, 0.15) is 0 Å². The van der Waals surface area contributed by atoms with Crippen molar-refractivity contribution >= 4 is 33.4 Å². The average Bonchev–Trinajstić information content (AvgIpc) is 2.14. The van der Waals surface area contributed by atoms with Crippen molar-refractivity contribution in [2.24, 2.45) is 0 Å². The van der Waals surface area contributed by atoms with Gasteiger partial charge in [-0.05, 0) is 30.7 Å². The van der Waals surface area contributed by atoms with Crippen molar-refractivity contribution in [2.75, 3.05) is 11.9 Å². The largest absolute Gasteiger partial charge is 0.356 e. The molecule has 0 aromatic heterocycles. The van der Waals surface area contributed by atoms with Crippen molar-refractivity contribution < 1.29 is 9.59 Å². The first-order valence-corrected chi connectivity index (χ1v) is 6.08. The Balaban J connectivity index is 2.47. The summed E-state index contributed by atoms with van der Waals surface area (Å²) in [4.78, 5) is 22.2. The minimum atomic E-state index is -0.129. The van der Waals surface area contributed by atoms with E-state index in [1.807, 2.05) is 25.1 Å². The fourth-order valence-corrected chi connectivity index (χ4v) is 1.99. The number of halogens is 1. The molecule has 4 nitrogen and oxygen atoms in total. The fourth-order valence-electron chi connectivity index (χ4n) is 1.38. The van der Waals surface area contributed by atoms with E-state index in [1.54, 1.807) is 0 Å².